The first-order valence-corrected chi connectivity index (χ1v) is 12.0. The SMILES string of the molecule is COc1ccc(OP(=O)(O)C(O)(CCCN)P(=O)(O)Oc2ccc(OC)cc2)cc1. The van der Waals surface area contributed by atoms with Gasteiger partial charge < -0.3 is 39.1 Å². The Bertz CT molecular complexity index is 849. The van der Waals surface area contributed by atoms with Gasteiger partial charge in [-0.3, -0.25) is 0 Å². The fourth-order valence-corrected chi connectivity index (χ4v) is 6.00. The van der Waals surface area contributed by atoms with E-state index in [0.29, 0.717) is 11.5 Å². The molecule has 0 aliphatic carbocycles. The average Bonchev–Trinajstić information content (AvgIpc) is 2.72. The zero-order valence-corrected chi connectivity index (χ0v) is 18.3. The predicted molar refractivity (Wildman–Crippen MR) is 110 cm³/mol. The van der Waals surface area contributed by atoms with E-state index < -0.39 is 26.7 Å². The van der Waals surface area contributed by atoms with Crippen molar-refractivity contribution in [3.63, 3.8) is 0 Å². The second-order valence-corrected chi connectivity index (χ2v) is 10.5. The van der Waals surface area contributed by atoms with Crippen LogP contribution >= 0.6 is 15.2 Å². The van der Waals surface area contributed by atoms with Crippen LogP contribution in [-0.2, 0) is 9.13 Å². The summed E-state index contributed by atoms with van der Waals surface area (Å²) in [6, 6.07) is 11.1. The van der Waals surface area contributed by atoms with Gasteiger partial charge >= 0.3 is 15.2 Å². The standard InChI is InChI=1S/C18H25NO9P2/c1-25-14-4-8-16(9-5-14)27-29(21,22)18(20,12-3-13-19)30(23,24)28-17-10-6-15(26-2)7-11-17/h4-11,20H,3,12-13,19H2,1-2H3,(H,21,22)(H,23,24). The normalized spacial score (nSPS) is 17.1. The highest BCUT2D eigenvalue weighted by atomic mass is 31.2. The van der Waals surface area contributed by atoms with Crippen LogP contribution in [0.5, 0.6) is 23.0 Å². The largest absolute Gasteiger partial charge is 0.497 e. The van der Waals surface area contributed by atoms with Crippen LogP contribution in [0.25, 0.3) is 0 Å². The van der Waals surface area contributed by atoms with Gasteiger partial charge in [0, 0.05) is 6.42 Å². The van der Waals surface area contributed by atoms with Gasteiger partial charge in [-0.2, -0.15) is 0 Å². The highest BCUT2D eigenvalue weighted by molar-refractivity contribution is 7.73. The van der Waals surface area contributed by atoms with E-state index >= 15 is 0 Å². The number of aliphatic hydroxyl groups is 1. The van der Waals surface area contributed by atoms with Crippen LogP contribution in [0.15, 0.2) is 48.5 Å². The smallest absolute Gasteiger partial charge is 0.421 e. The van der Waals surface area contributed by atoms with Crippen molar-refractivity contribution in [3.8, 4) is 23.0 Å². The molecule has 0 aliphatic heterocycles. The summed E-state index contributed by atoms with van der Waals surface area (Å²) in [6.45, 7) is -0.00657. The van der Waals surface area contributed by atoms with Crippen LogP contribution in [0.2, 0.25) is 0 Å². The highest BCUT2D eigenvalue weighted by Gasteiger charge is 2.64. The maximum Gasteiger partial charge on any atom is 0.421 e. The van der Waals surface area contributed by atoms with Crippen molar-refractivity contribution in [3.05, 3.63) is 48.5 Å². The summed E-state index contributed by atoms with van der Waals surface area (Å²) in [4.78, 5) is 21.0. The zero-order valence-electron chi connectivity index (χ0n) is 16.5. The lowest BCUT2D eigenvalue weighted by Crippen LogP contribution is -2.33. The summed E-state index contributed by atoms with van der Waals surface area (Å²) < 4.78 is 46.1. The Morgan fingerprint density at radius 3 is 1.43 bits per heavy atom. The highest BCUT2D eigenvalue weighted by Crippen LogP contribution is 2.73. The number of rotatable bonds is 11. The van der Waals surface area contributed by atoms with Crippen LogP contribution in [0.4, 0.5) is 0 Å². The molecule has 0 bridgehead atoms. The first-order valence-electron chi connectivity index (χ1n) is 8.84. The summed E-state index contributed by atoms with van der Waals surface area (Å²) >= 11 is 0. The molecule has 0 saturated carbocycles. The Balaban J connectivity index is 2.36. The lowest BCUT2D eigenvalue weighted by atomic mass is 10.3. The number of nitrogens with two attached hydrogens (primary N) is 1. The van der Waals surface area contributed by atoms with Gasteiger partial charge in [-0.25, -0.2) is 9.13 Å². The van der Waals surface area contributed by atoms with Crippen molar-refractivity contribution in [2.75, 3.05) is 20.8 Å². The molecule has 0 fully saturated rings. The third-order valence-corrected chi connectivity index (χ3v) is 8.89. The molecule has 0 amide bonds. The molecule has 2 atom stereocenters. The van der Waals surface area contributed by atoms with Gasteiger partial charge in [-0.05, 0) is 61.5 Å². The number of hydrogen-bond acceptors (Lipinski definition) is 8. The first-order chi connectivity index (χ1) is 14.1. The molecule has 2 aromatic rings. The third-order valence-electron chi connectivity index (χ3n) is 4.20. The van der Waals surface area contributed by atoms with Gasteiger partial charge in [0.2, 0.25) is 0 Å². The van der Waals surface area contributed by atoms with E-state index in [4.69, 9.17) is 24.3 Å². The number of methoxy groups -OCH3 is 2. The quantitative estimate of drug-likeness (QED) is 0.367. The van der Waals surface area contributed by atoms with Crippen molar-refractivity contribution in [2.24, 2.45) is 5.73 Å². The molecule has 12 heteroatoms. The fourth-order valence-electron chi connectivity index (χ4n) is 2.49. The maximum atomic E-state index is 13.0. The predicted octanol–water partition coefficient (Wildman–Crippen LogP) is 2.92. The number of benzene rings is 2. The second-order valence-electron chi connectivity index (χ2n) is 6.24. The van der Waals surface area contributed by atoms with Gasteiger partial charge in [-0.1, -0.05) is 0 Å². The van der Waals surface area contributed by atoms with E-state index in [9.17, 15) is 24.0 Å². The lowest BCUT2D eigenvalue weighted by Gasteiger charge is -2.34. The molecule has 5 N–H and O–H groups in total. The molecular weight excluding hydrogens is 436 g/mol. The van der Waals surface area contributed by atoms with Crippen LogP contribution in [-0.4, -0.2) is 40.7 Å². The Morgan fingerprint density at radius 1 is 0.800 bits per heavy atom. The molecule has 0 aromatic heterocycles. The van der Waals surface area contributed by atoms with Gasteiger partial charge in [0.25, 0.3) is 5.08 Å². The Kier molecular flexibility index (Phi) is 7.93. The fraction of sp³-hybridized carbons (Fsp3) is 0.333. The van der Waals surface area contributed by atoms with E-state index in [-0.39, 0.29) is 24.5 Å². The topological polar surface area (TPSA) is 158 Å². The van der Waals surface area contributed by atoms with Crippen LogP contribution in [0.1, 0.15) is 12.8 Å². The van der Waals surface area contributed by atoms with Crippen LogP contribution in [0, 0.1) is 0 Å². The second kappa shape index (κ2) is 9.83. The van der Waals surface area contributed by atoms with E-state index in [2.05, 4.69) is 0 Å². The summed E-state index contributed by atoms with van der Waals surface area (Å²) in [5.41, 5.74) is 5.43. The van der Waals surface area contributed by atoms with E-state index in [0.717, 1.165) is 0 Å². The first kappa shape index (κ1) is 24.2. The summed E-state index contributed by atoms with van der Waals surface area (Å²) in [6.07, 6.45) is -0.652. The van der Waals surface area contributed by atoms with Crippen molar-refractivity contribution in [1.29, 1.82) is 0 Å². The summed E-state index contributed by atoms with van der Waals surface area (Å²) in [5, 5.41) is 7.82. The Hall–Kier alpha value is -2.06. The minimum atomic E-state index is -5.17. The van der Waals surface area contributed by atoms with Crippen LogP contribution in [0.3, 0.4) is 0 Å². The molecule has 2 unspecified atom stereocenters. The molecule has 10 nitrogen and oxygen atoms in total. The molecule has 30 heavy (non-hydrogen) atoms. The molecule has 0 radical (unpaired) electrons. The van der Waals surface area contributed by atoms with E-state index in [1.807, 2.05) is 0 Å². The van der Waals surface area contributed by atoms with Crippen molar-refractivity contribution in [2.45, 2.75) is 17.9 Å². The Labute approximate surface area is 174 Å². The molecule has 166 valence electrons. The van der Waals surface area contributed by atoms with Crippen LogP contribution < -0.4 is 24.3 Å². The van der Waals surface area contributed by atoms with E-state index in [1.165, 1.54) is 62.8 Å². The summed E-state index contributed by atoms with van der Waals surface area (Å²) in [7, 11) is -7.45. The van der Waals surface area contributed by atoms with Crippen molar-refractivity contribution >= 4 is 15.2 Å². The Morgan fingerprint density at radius 2 is 1.13 bits per heavy atom. The number of hydrogen-bond donors (Lipinski definition) is 4. The van der Waals surface area contributed by atoms with Gasteiger partial charge in [0.15, 0.2) is 0 Å². The lowest BCUT2D eigenvalue weighted by molar-refractivity contribution is 0.126. The molecular formula is C18H25NO9P2. The van der Waals surface area contributed by atoms with Crippen molar-refractivity contribution < 1.29 is 42.5 Å². The molecule has 0 spiro atoms. The van der Waals surface area contributed by atoms with Gasteiger partial charge in [-0.15, -0.1) is 0 Å². The molecule has 2 aromatic carbocycles. The number of ether oxygens (including phenoxy) is 2. The molecule has 0 heterocycles. The van der Waals surface area contributed by atoms with Gasteiger partial charge in [0.05, 0.1) is 14.2 Å². The minimum Gasteiger partial charge on any atom is -0.497 e. The maximum absolute atomic E-state index is 13.0. The molecule has 2 rings (SSSR count). The van der Waals surface area contributed by atoms with Gasteiger partial charge in [0.1, 0.15) is 23.0 Å². The van der Waals surface area contributed by atoms with Crippen molar-refractivity contribution in [1.82, 2.24) is 0 Å². The summed E-state index contributed by atoms with van der Waals surface area (Å²) in [5.74, 6) is 0.697. The molecule has 0 saturated heterocycles. The molecule has 0 aliphatic rings. The minimum absolute atomic E-state index is 0.00657. The monoisotopic (exact) mass is 461 g/mol. The average molecular weight is 461 g/mol. The zero-order chi connectivity index (χ0) is 22.4. The third kappa shape index (κ3) is 5.35. The van der Waals surface area contributed by atoms with E-state index in [1.54, 1.807) is 0 Å².